The van der Waals surface area contributed by atoms with Crippen molar-refractivity contribution in [1.29, 1.82) is 0 Å². The Kier molecular flexibility index (Phi) is 5.93. The molecule has 11 heteroatoms. The van der Waals surface area contributed by atoms with E-state index in [0.29, 0.717) is 5.69 Å². The first-order valence-corrected chi connectivity index (χ1v) is 13.8. The van der Waals surface area contributed by atoms with Gasteiger partial charge < -0.3 is 5.11 Å². The molecule has 3 amide bonds. The van der Waals surface area contributed by atoms with E-state index in [4.69, 9.17) is 11.6 Å². The smallest absolute Gasteiger partial charge is 0.275 e. The molecule has 3 aliphatic carbocycles. The predicted molar refractivity (Wildman–Crippen MR) is 157 cm³/mol. The average molecular weight is 593 g/mol. The van der Waals surface area contributed by atoms with Crippen molar-refractivity contribution in [2.24, 2.45) is 16.9 Å². The highest BCUT2D eigenvalue weighted by Crippen LogP contribution is 2.63. The number of nitro groups is 1. The Bertz CT molecular complexity index is 1880. The first-order chi connectivity index (χ1) is 20.8. The molecule has 4 aliphatic rings. The summed E-state index contributed by atoms with van der Waals surface area (Å²) < 4.78 is 0. The molecule has 0 radical (unpaired) electrons. The lowest BCUT2D eigenvalue weighted by Crippen LogP contribution is -2.54. The fraction of sp³-hybridized carbons (Fsp3) is 0.125. The predicted octanol–water partition coefficient (Wildman–Crippen LogP) is 4.92. The summed E-state index contributed by atoms with van der Waals surface area (Å²) in [5.41, 5.74) is 3.98. The van der Waals surface area contributed by atoms with Crippen molar-refractivity contribution in [2.75, 3.05) is 4.90 Å². The van der Waals surface area contributed by atoms with E-state index >= 15 is 0 Å². The van der Waals surface area contributed by atoms with Crippen molar-refractivity contribution in [3.63, 3.8) is 0 Å². The zero-order chi connectivity index (χ0) is 30.0. The molecule has 0 saturated carbocycles. The maximum Gasteiger partial charge on any atom is 0.275 e. The molecular formula is C32H21ClN4O6. The van der Waals surface area contributed by atoms with Gasteiger partial charge in [0.25, 0.3) is 11.6 Å². The van der Waals surface area contributed by atoms with Gasteiger partial charge in [0.15, 0.2) is 0 Å². The Morgan fingerprint density at radius 2 is 1.58 bits per heavy atom. The molecule has 8 rings (SSSR count). The third kappa shape index (κ3) is 3.66. The van der Waals surface area contributed by atoms with Gasteiger partial charge in [-0.1, -0.05) is 72.3 Å². The first-order valence-electron chi connectivity index (χ1n) is 13.4. The minimum atomic E-state index is -1.26. The van der Waals surface area contributed by atoms with Gasteiger partial charge in [0.05, 0.1) is 38.4 Å². The number of hydrogen-bond acceptors (Lipinski definition) is 7. The summed E-state index contributed by atoms with van der Waals surface area (Å²) >= 11 is 6.47. The van der Waals surface area contributed by atoms with E-state index in [-0.39, 0.29) is 22.2 Å². The Labute approximate surface area is 249 Å². The maximum atomic E-state index is 14.4. The highest BCUT2D eigenvalue weighted by Gasteiger charge is 2.68. The fourth-order valence-electron chi connectivity index (χ4n) is 6.99. The number of amides is 3. The monoisotopic (exact) mass is 592 g/mol. The number of rotatable bonds is 5. The lowest BCUT2D eigenvalue weighted by Gasteiger charge is -2.52. The molecule has 2 atom stereocenters. The number of phenols is 1. The van der Waals surface area contributed by atoms with Crippen LogP contribution >= 0.6 is 11.6 Å². The van der Waals surface area contributed by atoms with Crippen LogP contribution in [0.2, 0.25) is 5.02 Å². The molecular weight excluding hydrogens is 572 g/mol. The van der Waals surface area contributed by atoms with Gasteiger partial charge in [-0.15, -0.1) is 0 Å². The highest BCUT2D eigenvalue weighted by atomic mass is 35.5. The molecule has 2 bridgehead atoms. The second kappa shape index (κ2) is 9.60. The summed E-state index contributed by atoms with van der Waals surface area (Å²) in [4.78, 5) is 53.3. The van der Waals surface area contributed by atoms with E-state index < -0.39 is 45.7 Å². The Morgan fingerprint density at radius 3 is 2.23 bits per heavy atom. The lowest BCUT2D eigenvalue weighted by molar-refractivity contribution is -0.384. The number of para-hydroxylation sites is 1. The summed E-state index contributed by atoms with van der Waals surface area (Å²) in [6, 6.07) is 24.9. The number of carbonyl (C=O) groups excluding carboxylic acids is 3. The van der Waals surface area contributed by atoms with Crippen LogP contribution in [0.15, 0.2) is 96.1 Å². The molecule has 2 N–H and O–H groups in total. The number of anilines is 1. The summed E-state index contributed by atoms with van der Waals surface area (Å²) in [6.45, 7) is 0. The fourth-order valence-corrected chi connectivity index (χ4v) is 7.21. The van der Waals surface area contributed by atoms with E-state index in [2.05, 4.69) is 10.5 Å². The summed E-state index contributed by atoms with van der Waals surface area (Å²) in [5.74, 6) is -4.23. The SMILES string of the molecule is O=C(N/N=C\C12c3ccccc3C(c3ccccc31)[C@H]1C(=O)N(c3ccccc3Cl)C(=O)[C@@H]12)c1cc([N+](=O)[O-])ccc1O. The normalized spacial score (nSPS) is 23.2. The summed E-state index contributed by atoms with van der Waals surface area (Å²) in [6.07, 6.45) is 1.46. The standard InChI is InChI=1S/C32H21ClN4O6/c33-23-11-5-6-12-24(23)36-30(40)27-26-18-7-1-3-9-21(18)32(28(27)31(36)41,22-10-4-2-8-19(22)26)16-34-35-29(39)20-15-17(37(42)43)13-14-25(20)38/h1-16,26-28,38H,(H,35,39)/b34-16-/t26?,27-,28-,32?/m1/s1. The number of aromatic hydroxyl groups is 1. The average Bonchev–Trinajstić information content (AvgIpc) is 3.28. The Balaban J connectivity index is 1.39. The zero-order valence-corrected chi connectivity index (χ0v) is 22.9. The van der Waals surface area contributed by atoms with Gasteiger partial charge in [-0.3, -0.25) is 24.5 Å². The van der Waals surface area contributed by atoms with Crippen LogP contribution in [-0.4, -0.2) is 34.0 Å². The zero-order valence-electron chi connectivity index (χ0n) is 22.2. The van der Waals surface area contributed by atoms with Crippen molar-refractivity contribution in [3.05, 3.63) is 134 Å². The second-order valence-corrected chi connectivity index (χ2v) is 11.1. The molecule has 10 nitrogen and oxygen atoms in total. The minimum absolute atomic E-state index is 0.261. The number of benzene rings is 4. The number of hydrogen-bond donors (Lipinski definition) is 2. The van der Waals surface area contributed by atoms with Crippen LogP contribution in [0.4, 0.5) is 11.4 Å². The van der Waals surface area contributed by atoms with Gasteiger partial charge in [0.2, 0.25) is 11.8 Å². The maximum absolute atomic E-state index is 14.4. The van der Waals surface area contributed by atoms with Crippen molar-refractivity contribution < 1.29 is 24.4 Å². The lowest BCUT2D eigenvalue weighted by atomic mass is 9.47. The molecule has 1 saturated heterocycles. The van der Waals surface area contributed by atoms with Crippen LogP contribution < -0.4 is 10.3 Å². The van der Waals surface area contributed by atoms with Gasteiger partial charge in [-0.05, 0) is 40.5 Å². The van der Waals surface area contributed by atoms with E-state index in [1.54, 1.807) is 24.3 Å². The number of phenolic OH excluding ortho intramolecular Hbond substituents is 1. The second-order valence-electron chi connectivity index (χ2n) is 10.6. The molecule has 0 spiro atoms. The first kappa shape index (κ1) is 26.5. The van der Waals surface area contributed by atoms with Gasteiger partial charge in [-0.2, -0.15) is 5.10 Å². The van der Waals surface area contributed by atoms with Crippen LogP contribution in [-0.2, 0) is 15.0 Å². The third-order valence-electron chi connectivity index (χ3n) is 8.65. The largest absolute Gasteiger partial charge is 0.507 e. The molecule has 1 aliphatic heterocycles. The number of carbonyl (C=O) groups is 3. The van der Waals surface area contributed by atoms with Gasteiger partial charge in [-0.25, -0.2) is 10.3 Å². The molecule has 1 heterocycles. The number of nitrogens with one attached hydrogen (secondary N) is 1. The molecule has 0 unspecified atom stereocenters. The van der Waals surface area contributed by atoms with Crippen molar-refractivity contribution in [3.8, 4) is 5.75 Å². The van der Waals surface area contributed by atoms with Gasteiger partial charge in [0, 0.05) is 24.3 Å². The number of nitrogens with zero attached hydrogens (tertiary/aromatic N) is 3. The molecule has 4 aromatic rings. The number of nitro benzene ring substituents is 1. The molecule has 1 fully saturated rings. The van der Waals surface area contributed by atoms with Gasteiger partial charge >= 0.3 is 0 Å². The summed E-state index contributed by atoms with van der Waals surface area (Å²) in [7, 11) is 0. The number of halogens is 1. The van der Waals surface area contributed by atoms with Crippen LogP contribution in [0.3, 0.4) is 0 Å². The molecule has 43 heavy (non-hydrogen) atoms. The number of non-ortho nitro benzene ring substituents is 1. The van der Waals surface area contributed by atoms with Gasteiger partial charge in [0.1, 0.15) is 5.75 Å². The van der Waals surface area contributed by atoms with Crippen LogP contribution in [0, 0.1) is 22.0 Å². The molecule has 212 valence electrons. The van der Waals surface area contributed by atoms with Crippen LogP contribution in [0.5, 0.6) is 5.75 Å². The quantitative estimate of drug-likeness (QED) is 0.146. The van der Waals surface area contributed by atoms with E-state index in [9.17, 15) is 29.6 Å². The number of hydrazone groups is 1. The third-order valence-corrected chi connectivity index (χ3v) is 8.97. The van der Waals surface area contributed by atoms with Crippen LogP contribution in [0.25, 0.3) is 0 Å². The van der Waals surface area contributed by atoms with E-state index in [1.165, 1.54) is 6.21 Å². The Morgan fingerprint density at radius 1 is 0.953 bits per heavy atom. The van der Waals surface area contributed by atoms with Crippen molar-refractivity contribution in [1.82, 2.24) is 5.43 Å². The highest BCUT2D eigenvalue weighted by molar-refractivity contribution is 6.36. The van der Waals surface area contributed by atoms with Crippen molar-refractivity contribution >= 4 is 46.9 Å². The molecule has 0 aromatic heterocycles. The van der Waals surface area contributed by atoms with E-state index in [0.717, 1.165) is 45.4 Å². The topological polar surface area (TPSA) is 142 Å². The summed E-state index contributed by atoms with van der Waals surface area (Å²) in [5, 5.41) is 26.0. The van der Waals surface area contributed by atoms with E-state index in [1.807, 2.05) is 48.5 Å². The minimum Gasteiger partial charge on any atom is -0.507 e. The van der Waals surface area contributed by atoms with Crippen molar-refractivity contribution in [2.45, 2.75) is 11.3 Å². The van der Waals surface area contributed by atoms with Crippen LogP contribution in [0.1, 0.15) is 38.5 Å². The Hall–Kier alpha value is -5.35. The number of imide groups is 1. The molecule has 4 aromatic carbocycles.